The number of unbranched alkanes of at least 4 members (excludes halogenated alkanes) is 1. The summed E-state index contributed by atoms with van der Waals surface area (Å²) in [6.45, 7) is 4.49. The van der Waals surface area contributed by atoms with E-state index in [9.17, 15) is 9.59 Å². The number of nitrogens with one attached hydrogen (secondary N) is 6. The summed E-state index contributed by atoms with van der Waals surface area (Å²) >= 11 is 0. The maximum atomic E-state index is 12.2. The van der Waals surface area contributed by atoms with Crippen molar-refractivity contribution in [2.24, 2.45) is 9.98 Å². The van der Waals surface area contributed by atoms with E-state index in [1.54, 1.807) is 0 Å². The smallest absolute Gasteiger partial charge is 0.319 e. The van der Waals surface area contributed by atoms with Gasteiger partial charge in [0.25, 0.3) is 0 Å². The highest BCUT2D eigenvalue weighted by Crippen LogP contribution is 2.13. The molecule has 0 aromatic heterocycles. The molecule has 6 N–H and O–H groups in total. The number of amidine groups is 2. The molecular weight excluding hydrogens is 492 g/mol. The lowest BCUT2D eigenvalue weighted by atomic mass is 10.1. The monoisotopic (exact) mass is 526 g/mol. The Balaban J connectivity index is 0.00000380. The molecule has 37 heavy (non-hydrogen) atoms. The third-order valence-electron chi connectivity index (χ3n) is 5.76. The normalized spacial score (nSPS) is 14.5. The molecule has 0 spiro atoms. The molecule has 0 saturated carbocycles. The number of carbonyl (C=O) groups excluding carboxylic acids is 2. The molecule has 198 valence electrons. The van der Waals surface area contributed by atoms with Gasteiger partial charge in [-0.2, -0.15) is 0 Å². The molecule has 2 heterocycles. The van der Waals surface area contributed by atoms with E-state index in [1.165, 1.54) is 0 Å². The Morgan fingerprint density at radius 2 is 1.19 bits per heavy atom. The lowest BCUT2D eigenvalue weighted by Gasteiger charge is -2.15. The van der Waals surface area contributed by atoms with Gasteiger partial charge in [0.1, 0.15) is 11.7 Å². The van der Waals surface area contributed by atoms with E-state index in [1.807, 2.05) is 48.5 Å². The Hall–Kier alpha value is -3.79. The zero-order valence-corrected chi connectivity index (χ0v) is 21.6. The van der Waals surface area contributed by atoms with Crippen LogP contribution in [0.15, 0.2) is 58.5 Å². The van der Waals surface area contributed by atoms with Gasteiger partial charge in [-0.3, -0.25) is 9.98 Å². The van der Waals surface area contributed by atoms with Crippen LogP contribution in [-0.2, 0) is 0 Å². The van der Waals surface area contributed by atoms with Gasteiger partial charge in [-0.1, -0.05) is 24.3 Å². The first-order valence-electron chi connectivity index (χ1n) is 12.5. The maximum Gasteiger partial charge on any atom is 0.319 e. The number of carbonyl (C=O) groups is 2. The third-order valence-corrected chi connectivity index (χ3v) is 5.76. The Kier molecular flexibility index (Phi) is 11.0. The molecular formula is C26H35ClN8O2. The molecule has 4 rings (SSSR count). The van der Waals surface area contributed by atoms with Crippen LogP contribution in [-0.4, -0.2) is 63.0 Å². The fourth-order valence-electron chi connectivity index (χ4n) is 3.94. The Labute approximate surface area is 223 Å². The molecule has 11 heteroatoms. The van der Waals surface area contributed by atoms with Crippen molar-refractivity contribution in [1.82, 2.24) is 21.3 Å². The average Bonchev–Trinajstić information content (AvgIpc) is 2.92. The first-order chi connectivity index (χ1) is 17.7. The van der Waals surface area contributed by atoms with Gasteiger partial charge in [0.15, 0.2) is 0 Å². The van der Waals surface area contributed by atoms with Crippen molar-refractivity contribution < 1.29 is 9.59 Å². The van der Waals surface area contributed by atoms with Gasteiger partial charge in [-0.05, 0) is 49.9 Å². The quantitative estimate of drug-likeness (QED) is 0.280. The molecule has 0 bridgehead atoms. The SMILES string of the molecule is Cl.O=C(NCCCCNC(=O)Nc1cccc(C2=NCCCN2)c1)Nc1cccc(C2=NCCCN2)c1. The van der Waals surface area contributed by atoms with Crippen molar-refractivity contribution in [3.63, 3.8) is 0 Å². The zero-order valence-electron chi connectivity index (χ0n) is 20.8. The summed E-state index contributed by atoms with van der Waals surface area (Å²) in [6, 6.07) is 14.8. The largest absolute Gasteiger partial charge is 0.370 e. The Morgan fingerprint density at radius 3 is 1.59 bits per heavy atom. The highest BCUT2D eigenvalue weighted by molar-refractivity contribution is 6.01. The second-order valence-corrected chi connectivity index (χ2v) is 8.65. The summed E-state index contributed by atoms with van der Waals surface area (Å²) in [5, 5.41) is 18.0. The van der Waals surface area contributed by atoms with Crippen LogP contribution in [0, 0.1) is 0 Å². The van der Waals surface area contributed by atoms with Gasteiger partial charge in [0.05, 0.1) is 0 Å². The Morgan fingerprint density at radius 1 is 0.730 bits per heavy atom. The van der Waals surface area contributed by atoms with Crippen molar-refractivity contribution in [3.8, 4) is 0 Å². The van der Waals surface area contributed by atoms with Crippen molar-refractivity contribution in [2.75, 3.05) is 49.9 Å². The van der Waals surface area contributed by atoms with Gasteiger partial charge in [-0.15, -0.1) is 12.4 Å². The number of aliphatic imine (C=N–C) groups is 2. The van der Waals surface area contributed by atoms with E-state index >= 15 is 0 Å². The predicted octanol–water partition coefficient (Wildman–Crippen LogP) is 3.31. The van der Waals surface area contributed by atoms with Gasteiger partial charge in [0, 0.05) is 61.8 Å². The van der Waals surface area contributed by atoms with Crippen molar-refractivity contribution >= 4 is 47.5 Å². The minimum atomic E-state index is -0.256. The number of halogens is 1. The number of urea groups is 2. The molecule has 2 aromatic rings. The van der Waals surface area contributed by atoms with E-state index in [2.05, 4.69) is 41.9 Å². The van der Waals surface area contributed by atoms with E-state index in [0.717, 1.165) is 74.7 Å². The minimum absolute atomic E-state index is 0. The molecule has 4 amide bonds. The summed E-state index contributed by atoms with van der Waals surface area (Å²) in [6.07, 6.45) is 3.56. The molecule has 10 nitrogen and oxygen atoms in total. The van der Waals surface area contributed by atoms with E-state index < -0.39 is 0 Å². The number of hydrogen-bond acceptors (Lipinski definition) is 6. The van der Waals surface area contributed by atoms with E-state index in [0.29, 0.717) is 24.5 Å². The molecule has 2 aliphatic heterocycles. The molecule has 0 atom stereocenters. The Bertz CT molecular complexity index is 1030. The van der Waals surface area contributed by atoms with E-state index in [-0.39, 0.29) is 24.5 Å². The van der Waals surface area contributed by atoms with Crippen LogP contribution >= 0.6 is 12.4 Å². The predicted molar refractivity (Wildman–Crippen MR) is 151 cm³/mol. The molecule has 0 aliphatic carbocycles. The van der Waals surface area contributed by atoms with Crippen LogP contribution in [0.1, 0.15) is 36.8 Å². The molecule has 0 fully saturated rings. The highest BCUT2D eigenvalue weighted by Gasteiger charge is 2.10. The summed E-state index contributed by atoms with van der Waals surface area (Å²) in [5.41, 5.74) is 3.36. The van der Waals surface area contributed by atoms with Crippen molar-refractivity contribution in [1.29, 1.82) is 0 Å². The fraction of sp³-hybridized carbons (Fsp3) is 0.385. The van der Waals surface area contributed by atoms with E-state index in [4.69, 9.17) is 0 Å². The van der Waals surface area contributed by atoms with Crippen LogP contribution in [0.25, 0.3) is 0 Å². The van der Waals surface area contributed by atoms with Crippen LogP contribution in [0.3, 0.4) is 0 Å². The number of amides is 4. The van der Waals surface area contributed by atoms with Gasteiger partial charge < -0.3 is 31.9 Å². The summed E-state index contributed by atoms with van der Waals surface area (Å²) in [5.74, 6) is 1.73. The molecule has 0 unspecified atom stereocenters. The second-order valence-electron chi connectivity index (χ2n) is 8.65. The third kappa shape index (κ3) is 8.98. The van der Waals surface area contributed by atoms with Crippen molar-refractivity contribution in [2.45, 2.75) is 25.7 Å². The summed E-state index contributed by atoms with van der Waals surface area (Å²) in [7, 11) is 0. The minimum Gasteiger partial charge on any atom is -0.370 e. The van der Waals surface area contributed by atoms with Crippen molar-refractivity contribution in [3.05, 3.63) is 59.7 Å². The average molecular weight is 527 g/mol. The summed E-state index contributed by atoms with van der Waals surface area (Å²) in [4.78, 5) is 33.4. The van der Waals surface area contributed by atoms with Gasteiger partial charge in [-0.25, -0.2) is 9.59 Å². The second kappa shape index (κ2) is 14.7. The fourth-order valence-corrected chi connectivity index (χ4v) is 3.94. The van der Waals surface area contributed by atoms with Gasteiger partial charge >= 0.3 is 12.1 Å². The maximum absolute atomic E-state index is 12.2. The lowest BCUT2D eigenvalue weighted by Crippen LogP contribution is -2.32. The van der Waals surface area contributed by atoms with Crippen LogP contribution in [0.5, 0.6) is 0 Å². The molecule has 0 radical (unpaired) electrons. The first-order valence-corrected chi connectivity index (χ1v) is 12.5. The topological polar surface area (TPSA) is 131 Å². The zero-order chi connectivity index (χ0) is 25.0. The first kappa shape index (κ1) is 27.8. The number of benzene rings is 2. The molecule has 2 aromatic carbocycles. The van der Waals surface area contributed by atoms with Gasteiger partial charge in [0.2, 0.25) is 0 Å². The highest BCUT2D eigenvalue weighted by atomic mass is 35.5. The number of hydrogen-bond donors (Lipinski definition) is 6. The van der Waals surface area contributed by atoms with Crippen LogP contribution in [0.2, 0.25) is 0 Å². The standard InChI is InChI=1S/C26H34N8O2.ClH/c35-25(33-21-9-3-7-19(17-21)23-27-13-5-14-28-23)31-11-1-2-12-32-26(36)34-22-10-4-8-20(18-22)24-29-15-6-16-30-24;/h3-4,7-10,17-18H,1-2,5-6,11-16H2,(H,27,28)(H,29,30)(H2,31,33,35)(H2,32,34,36);1H. The van der Waals surface area contributed by atoms with Crippen LogP contribution in [0.4, 0.5) is 21.0 Å². The molecule has 2 aliphatic rings. The number of rotatable bonds is 9. The van der Waals surface area contributed by atoms with Crippen LogP contribution < -0.4 is 31.9 Å². The summed E-state index contributed by atoms with van der Waals surface area (Å²) < 4.78 is 0. The number of anilines is 2. The lowest BCUT2D eigenvalue weighted by molar-refractivity contribution is 0.250. The molecule has 0 saturated heterocycles. The number of nitrogens with zero attached hydrogens (tertiary/aromatic N) is 2.